The number of hydrogen-bond donors (Lipinski definition) is 3. The lowest BCUT2D eigenvalue weighted by Gasteiger charge is -1.94. The number of allylic oxidation sites excluding steroid dienone is 1. The number of nitrogens with one attached hydrogen (secondary N) is 3. The van der Waals surface area contributed by atoms with Crippen molar-refractivity contribution in [3.05, 3.63) is 36.3 Å². The first-order chi connectivity index (χ1) is 9.36. The third kappa shape index (κ3) is 2.12. The molecule has 0 aliphatic carbocycles. The summed E-state index contributed by atoms with van der Waals surface area (Å²) in [6.07, 6.45) is 1.49. The zero-order valence-corrected chi connectivity index (χ0v) is 9.62. The highest BCUT2D eigenvalue weighted by molar-refractivity contribution is 5.78. The molecule has 3 aromatic rings. The van der Waals surface area contributed by atoms with Gasteiger partial charge in [-0.15, -0.1) is 5.10 Å². The van der Waals surface area contributed by atoms with Gasteiger partial charge in [-0.2, -0.15) is 5.26 Å². The molecule has 1 aromatic carbocycles. The van der Waals surface area contributed by atoms with Crippen LogP contribution in [0.15, 0.2) is 30.5 Å². The van der Waals surface area contributed by atoms with Crippen molar-refractivity contribution < 1.29 is 0 Å². The quantitative estimate of drug-likeness (QED) is 0.599. The SMILES string of the molecule is N#C/C(=C\Nc1nc2ccccc2[nH]1)c1nnn[nH]1. The zero-order chi connectivity index (χ0) is 13.1. The van der Waals surface area contributed by atoms with Crippen molar-refractivity contribution >= 4 is 22.6 Å². The molecule has 0 unspecified atom stereocenters. The summed E-state index contributed by atoms with van der Waals surface area (Å²) in [5, 5.41) is 24.9. The second kappa shape index (κ2) is 4.58. The predicted molar refractivity (Wildman–Crippen MR) is 67.5 cm³/mol. The second-order valence-corrected chi connectivity index (χ2v) is 3.67. The first-order valence-electron chi connectivity index (χ1n) is 5.42. The number of hydrogen-bond acceptors (Lipinski definition) is 6. The van der Waals surface area contributed by atoms with E-state index in [2.05, 4.69) is 35.9 Å². The number of imidazole rings is 1. The summed E-state index contributed by atoms with van der Waals surface area (Å²) in [5.74, 6) is 0.840. The van der Waals surface area contributed by atoms with Gasteiger partial charge in [0.2, 0.25) is 5.95 Å². The fraction of sp³-hybridized carbons (Fsp3) is 0. The zero-order valence-electron chi connectivity index (χ0n) is 9.62. The van der Waals surface area contributed by atoms with E-state index in [1.165, 1.54) is 6.20 Å². The van der Waals surface area contributed by atoms with Gasteiger partial charge in [0.05, 0.1) is 11.0 Å². The highest BCUT2D eigenvalue weighted by Gasteiger charge is 2.05. The molecule has 3 rings (SSSR count). The van der Waals surface area contributed by atoms with Crippen LogP contribution in [0.25, 0.3) is 16.6 Å². The van der Waals surface area contributed by atoms with Crippen LogP contribution in [0.2, 0.25) is 0 Å². The standard InChI is InChI=1S/C11H8N8/c12-5-7(10-16-18-19-17-10)6-13-11-14-8-3-1-2-4-9(8)15-11/h1-4,6H,(H2,13,14,15)(H,16,17,18,19)/b7-6+. The van der Waals surface area contributed by atoms with E-state index >= 15 is 0 Å². The fourth-order valence-electron chi connectivity index (χ4n) is 1.59. The van der Waals surface area contributed by atoms with Gasteiger partial charge in [-0.1, -0.05) is 12.1 Å². The number of nitrogens with zero attached hydrogens (tertiary/aromatic N) is 5. The molecular weight excluding hydrogens is 244 g/mol. The molecule has 0 saturated carbocycles. The van der Waals surface area contributed by atoms with Gasteiger partial charge in [-0.3, -0.25) is 0 Å². The molecule has 0 aliphatic rings. The van der Waals surface area contributed by atoms with E-state index in [9.17, 15) is 0 Å². The van der Waals surface area contributed by atoms with Gasteiger partial charge < -0.3 is 10.3 Å². The topological polar surface area (TPSA) is 119 Å². The lowest BCUT2D eigenvalue weighted by atomic mass is 10.3. The van der Waals surface area contributed by atoms with Crippen molar-refractivity contribution in [3.63, 3.8) is 0 Å². The minimum absolute atomic E-state index is 0.283. The predicted octanol–water partition coefficient (Wildman–Crippen LogP) is 1.05. The number of rotatable bonds is 3. The second-order valence-electron chi connectivity index (χ2n) is 3.67. The smallest absolute Gasteiger partial charge is 0.205 e. The van der Waals surface area contributed by atoms with Crippen molar-refractivity contribution in [1.29, 1.82) is 5.26 Å². The van der Waals surface area contributed by atoms with Crippen molar-refractivity contribution in [2.24, 2.45) is 0 Å². The first kappa shape index (κ1) is 10.9. The molecule has 19 heavy (non-hydrogen) atoms. The van der Waals surface area contributed by atoms with Crippen LogP contribution in [0.3, 0.4) is 0 Å². The molecule has 0 atom stereocenters. The molecule has 0 amide bonds. The monoisotopic (exact) mass is 252 g/mol. The summed E-state index contributed by atoms with van der Waals surface area (Å²) in [7, 11) is 0. The molecule has 0 saturated heterocycles. The molecular formula is C11H8N8. The number of benzene rings is 1. The van der Waals surface area contributed by atoms with Gasteiger partial charge in [0.25, 0.3) is 0 Å². The van der Waals surface area contributed by atoms with Gasteiger partial charge in [0, 0.05) is 6.20 Å². The van der Waals surface area contributed by atoms with E-state index in [4.69, 9.17) is 5.26 Å². The number of para-hydroxylation sites is 2. The Balaban J connectivity index is 1.87. The number of aromatic amines is 2. The number of tetrazole rings is 1. The highest BCUT2D eigenvalue weighted by atomic mass is 15.5. The van der Waals surface area contributed by atoms with Crippen LogP contribution in [-0.4, -0.2) is 30.6 Å². The van der Waals surface area contributed by atoms with E-state index in [1.807, 2.05) is 30.3 Å². The van der Waals surface area contributed by atoms with Gasteiger partial charge in [0.15, 0.2) is 5.82 Å². The average Bonchev–Trinajstić information content (AvgIpc) is 3.08. The van der Waals surface area contributed by atoms with E-state index in [-0.39, 0.29) is 5.57 Å². The molecule has 8 nitrogen and oxygen atoms in total. The molecule has 92 valence electrons. The third-order valence-corrected chi connectivity index (χ3v) is 2.46. The summed E-state index contributed by atoms with van der Waals surface area (Å²) in [5.41, 5.74) is 2.04. The van der Waals surface area contributed by atoms with Crippen LogP contribution in [0.1, 0.15) is 5.82 Å². The van der Waals surface area contributed by atoms with Gasteiger partial charge in [-0.25, -0.2) is 10.1 Å². The Kier molecular flexibility index (Phi) is 2.63. The Hall–Kier alpha value is -3.21. The Morgan fingerprint density at radius 3 is 3.00 bits per heavy atom. The molecule has 0 spiro atoms. The Labute approximate surface area is 107 Å². The molecule has 0 radical (unpaired) electrons. The number of nitriles is 1. The lowest BCUT2D eigenvalue weighted by molar-refractivity contribution is 0.881. The van der Waals surface area contributed by atoms with E-state index in [1.54, 1.807) is 0 Å². The minimum Gasteiger partial charge on any atom is -0.331 e. The number of fused-ring (bicyclic) bond motifs is 1. The largest absolute Gasteiger partial charge is 0.331 e. The summed E-state index contributed by atoms with van der Waals surface area (Å²) in [6, 6.07) is 9.63. The third-order valence-electron chi connectivity index (χ3n) is 2.46. The summed E-state index contributed by atoms with van der Waals surface area (Å²) in [4.78, 5) is 7.40. The average molecular weight is 252 g/mol. The Bertz CT molecular complexity index is 728. The van der Waals surface area contributed by atoms with Crippen molar-refractivity contribution in [2.45, 2.75) is 0 Å². The number of anilines is 1. The maximum Gasteiger partial charge on any atom is 0.205 e. The van der Waals surface area contributed by atoms with E-state index in [0.29, 0.717) is 11.8 Å². The van der Waals surface area contributed by atoms with Crippen molar-refractivity contribution in [2.75, 3.05) is 5.32 Å². The molecule has 0 fully saturated rings. The van der Waals surface area contributed by atoms with Gasteiger partial charge in [0.1, 0.15) is 11.6 Å². The van der Waals surface area contributed by atoms with Crippen LogP contribution in [0.4, 0.5) is 5.95 Å². The van der Waals surface area contributed by atoms with E-state index < -0.39 is 0 Å². The van der Waals surface area contributed by atoms with Crippen LogP contribution in [-0.2, 0) is 0 Å². The van der Waals surface area contributed by atoms with Crippen LogP contribution in [0, 0.1) is 11.3 Å². The lowest BCUT2D eigenvalue weighted by Crippen LogP contribution is -1.94. The van der Waals surface area contributed by atoms with E-state index in [0.717, 1.165) is 11.0 Å². The Morgan fingerprint density at radius 2 is 2.26 bits per heavy atom. The fourth-order valence-corrected chi connectivity index (χ4v) is 1.59. The highest BCUT2D eigenvalue weighted by Crippen LogP contribution is 2.14. The van der Waals surface area contributed by atoms with Crippen molar-refractivity contribution in [1.82, 2.24) is 30.6 Å². The molecule has 2 heterocycles. The Morgan fingerprint density at radius 1 is 1.37 bits per heavy atom. The minimum atomic E-state index is 0.283. The maximum atomic E-state index is 9.01. The van der Waals surface area contributed by atoms with Gasteiger partial charge >= 0.3 is 0 Å². The molecule has 3 N–H and O–H groups in total. The van der Waals surface area contributed by atoms with Crippen molar-refractivity contribution in [3.8, 4) is 6.07 Å². The van der Waals surface area contributed by atoms with Gasteiger partial charge in [-0.05, 0) is 22.6 Å². The number of H-pyrrole nitrogens is 2. The first-order valence-corrected chi connectivity index (χ1v) is 5.42. The summed E-state index contributed by atoms with van der Waals surface area (Å²) < 4.78 is 0. The normalized spacial score (nSPS) is 11.4. The summed E-state index contributed by atoms with van der Waals surface area (Å²) >= 11 is 0. The molecule has 2 aromatic heterocycles. The molecule has 0 bridgehead atoms. The molecule has 0 aliphatic heterocycles. The summed E-state index contributed by atoms with van der Waals surface area (Å²) in [6.45, 7) is 0. The van der Waals surface area contributed by atoms with Crippen LogP contribution < -0.4 is 5.32 Å². The number of aromatic nitrogens is 6. The van der Waals surface area contributed by atoms with Crippen LogP contribution in [0.5, 0.6) is 0 Å². The maximum absolute atomic E-state index is 9.01. The molecule has 8 heteroatoms. The van der Waals surface area contributed by atoms with Crippen LogP contribution >= 0.6 is 0 Å².